The van der Waals surface area contributed by atoms with Crippen LogP contribution in [0.15, 0.2) is 52.9 Å². The van der Waals surface area contributed by atoms with Crippen LogP contribution in [0.25, 0.3) is 0 Å². The van der Waals surface area contributed by atoms with Gasteiger partial charge in [0.1, 0.15) is 11.5 Å². The highest BCUT2D eigenvalue weighted by molar-refractivity contribution is 5.71. The van der Waals surface area contributed by atoms with E-state index in [0.29, 0.717) is 25.8 Å². The first-order valence-corrected chi connectivity index (χ1v) is 10.4. The van der Waals surface area contributed by atoms with Crippen LogP contribution < -0.4 is 11.5 Å². The number of benzene rings is 2. The molecule has 0 bridgehead atoms. The molecule has 0 aliphatic rings. The van der Waals surface area contributed by atoms with Crippen molar-refractivity contribution in [1.29, 1.82) is 0 Å². The van der Waals surface area contributed by atoms with Crippen molar-refractivity contribution in [3.05, 3.63) is 71.4 Å². The molecule has 9 nitrogen and oxygen atoms in total. The van der Waals surface area contributed by atoms with Crippen LogP contribution in [0.1, 0.15) is 47.7 Å². The van der Waals surface area contributed by atoms with E-state index in [2.05, 4.69) is 10.2 Å². The van der Waals surface area contributed by atoms with E-state index in [1.165, 1.54) is 12.1 Å². The fourth-order valence-electron chi connectivity index (χ4n) is 3.64. The molecule has 32 heavy (non-hydrogen) atoms. The van der Waals surface area contributed by atoms with E-state index in [-0.39, 0.29) is 29.7 Å². The fourth-order valence-corrected chi connectivity index (χ4v) is 3.64. The van der Waals surface area contributed by atoms with Crippen LogP contribution in [0, 0.1) is 5.92 Å². The van der Waals surface area contributed by atoms with Crippen LogP contribution in [0.3, 0.4) is 0 Å². The number of carbonyl (C=O) groups is 1. The van der Waals surface area contributed by atoms with Crippen LogP contribution >= 0.6 is 0 Å². The van der Waals surface area contributed by atoms with Crippen molar-refractivity contribution in [2.24, 2.45) is 17.4 Å². The number of carboxylic acids is 1. The van der Waals surface area contributed by atoms with Gasteiger partial charge in [-0.25, -0.2) is 0 Å². The SMILES string of the molecule is NCCCC(c1nnc([C@@H](N)Cc2ccc(O)cc2)o1)[C@@H](Cc1ccc(O)cc1)C(=O)O. The molecule has 2 aromatic carbocycles. The van der Waals surface area contributed by atoms with Gasteiger partial charge in [-0.15, -0.1) is 10.2 Å². The highest BCUT2D eigenvalue weighted by Crippen LogP contribution is 2.33. The number of aliphatic carboxylic acids is 1. The molecule has 1 unspecified atom stereocenters. The molecule has 0 aliphatic heterocycles. The Labute approximate surface area is 185 Å². The van der Waals surface area contributed by atoms with Crippen LogP contribution in [0.5, 0.6) is 11.5 Å². The first kappa shape index (κ1) is 23.2. The highest BCUT2D eigenvalue weighted by atomic mass is 16.4. The van der Waals surface area contributed by atoms with Gasteiger partial charge in [-0.1, -0.05) is 24.3 Å². The van der Waals surface area contributed by atoms with Gasteiger partial charge in [0.05, 0.1) is 17.9 Å². The Morgan fingerprint density at radius 3 is 1.97 bits per heavy atom. The minimum absolute atomic E-state index is 0.115. The third-order valence-corrected chi connectivity index (χ3v) is 5.40. The van der Waals surface area contributed by atoms with E-state index in [9.17, 15) is 20.1 Å². The Kier molecular flexibility index (Phi) is 7.80. The Balaban J connectivity index is 1.80. The molecule has 1 aromatic heterocycles. The van der Waals surface area contributed by atoms with Crippen LogP contribution in [0.2, 0.25) is 0 Å². The highest BCUT2D eigenvalue weighted by Gasteiger charge is 2.34. The standard InChI is InChI=1S/C23H28N4O5/c24-11-1-2-18(19(23(30)31)12-14-3-7-16(28)8-4-14)21-26-27-22(32-21)20(25)13-15-5-9-17(29)10-6-15/h3-10,18-20,28-29H,1-2,11-13,24-25H2,(H,30,31)/t18?,19-,20+/m1/s1. The molecule has 170 valence electrons. The zero-order valence-corrected chi connectivity index (χ0v) is 17.6. The smallest absolute Gasteiger partial charge is 0.307 e. The molecular weight excluding hydrogens is 412 g/mol. The number of aromatic nitrogens is 2. The van der Waals surface area contributed by atoms with Crippen molar-refractivity contribution in [2.45, 2.75) is 37.6 Å². The zero-order chi connectivity index (χ0) is 23.1. The third-order valence-electron chi connectivity index (χ3n) is 5.40. The minimum atomic E-state index is -0.978. The van der Waals surface area contributed by atoms with Gasteiger partial charge in [-0.2, -0.15) is 0 Å². The van der Waals surface area contributed by atoms with Crippen molar-refractivity contribution in [2.75, 3.05) is 6.54 Å². The number of nitrogens with zero attached hydrogens (tertiary/aromatic N) is 2. The van der Waals surface area contributed by atoms with Crippen molar-refractivity contribution in [1.82, 2.24) is 10.2 Å². The second-order valence-electron chi connectivity index (χ2n) is 7.81. The first-order chi connectivity index (χ1) is 15.4. The van der Waals surface area contributed by atoms with Crippen LogP contribution in [-0.2, 0) is 17.6 Å². The summed E-state index contributed by atoms with van der Waals surface area (Å²) in [6.45, 7) is 0.406. The van der Waals surface area contributed by atoms with E-state index in [1.54, 1.807) is 36.4 Å². The van der Waals surface area contributed by atoms with Gasteiger partial charge in [-0.05, 0) is 67.6 Å². The number of phenols is 2. The average Bonchev–Trinajstić information content (AvgIpc) is 3.26. The second-order valence-corrected chi connectivity index (χ2v) is 7.81. The minimum Gasteiger partial charge on any atom is -0.508 e. The van der Waals surface area contributed by atoms with Gasteiger partial charge < -0.3 is 31.2 Å². The molecule has 0 saturated heterocycles. The second kappa shape index (κ2) is 10.7. The predicted octanol–water partition coefficient (Wildman–Crippen LogP) is 2.49. The number of aromatic hydroxyl groups is 2. The van der Waals surface area contributed by atoms with Gasteiger partial charge in [0.25, 0.3) is 0 Å². The first-order valence-electron chi connectivity index (χ1n) is 10.4. The number of rotatable bonds is 11. The lowest BCUT2D eigenvalue weighted by atomic mass is 9.83. The normalized spacial score (nSPS) is 14.1. The Morgan fingerprint density at radius 2 is 1.44 bits per heavy atom. The summed E-state index contributed by atoms with van der Waals surface area (Å²) in [4.78, 5) is 12.1. The van der Waals surface area contributed by atoms with E-state index >= 15 is 0 Å². The predicted molar refractivity (Wildman–Crippen MR) is 117 cm³/mol. The summed E-state index contributed by atoms with van der Waals surface area (Å²) in [5.74, 6) is -1.60. The van der Waals surface area contributed by atoms with E-state index in [1.807, 2.05) is 0 Å². The molecule has 3 atom stereocenters. The fraction of sp³-hybridized carbons (Fsp3) is 0.348. The molecule has 1 heterocycles. The molecule has 0 aliphatic carbocycles. The molecule has 0 fully saturated rings. The number of hydrogen-bond acceptors (Lipinski definition) is 8. The number of nitrogens with two attached hydrogens (primary N) is 2. The Hall–Kier alpha value is -3.43. The molecule has 0 saturated carbocycles. The Bertz CT molecular complexity index is 1000. The number of carboxylic acid groups (broad SMARTS) is 1. The van der Waals surface area contributed by atoms with E-state index in [4.69, 9.17) is 15.9 Å². The largest absolute Gasteiger partial charge is 0.508 e. The molecule has 9 heteroatoms. The Morgan fingerprint density at radius 1 is 0.906 bits per heavy atom. The van der Waals surface area contributed by atoms with Crippen molar-refractivity contribution < 1.29 is 24.5 Å². The zero-order valence-electron chi connectivity index (χ0n) is 17.6. The molecule has 7 N–H and O–H groups in total. The van der Waals surface area contributed by atoms with Crippen molar-refractivity contribution >= 4 is 5.97 Å². The molecule has 0 spiro atoms. The quantitative estimate of drug-likeness (QED) is 0.301. The van der Waals surface area contributed by atoms with Gasteiger partial charge in [0.15, 0.2) is 0 Å². The number of hydrogen-bond donors (Lipinski definition) is 5. The molecule has 3 aromatic rings. The molecule has 0 radical (unpaired) electrons. The van der Waals surface area contributed by atoms with Gasteiger partial charge >= 0.3 is 5.97 Å². The topological polar surface area (TPSA) is 169 Å². The maximum absolute atomic E-state index is 12.1. The summed E-state index contributed by atoms with van der Waals surface area (Å²) < 4.78 is 5.85. The van der Waals surface area contributed by atoms with Crippen LogP contribution in [-0.4, -0.2) is 38.0 Å². The van der Waals surface area contributed by atoms with Crippen LogP contribution in [0.4, 0.5) is 0 Å². The van der Waals surface area contributed by atoms with Gasteiger partial charge in [-0.3, -0.25) is 4.79 Å². The van der Waals surface area contributed by atoms with E-state index in [0.717, 1.165) is 11.1 Å². The lowest BCUT2D eigenvalue weighted by Crippen LogP contribution is -2.25. The summed E-state index contributed by atoms with van der Waals surface area (Å²) in [5.41, 5.74) is 13.6. The summed E-state index contributed by atoms with van der Waals surface area (Å²) >= 11 is 0. The summed E-state index contributed by atoms with van der Waals surface area (Å²) in [7, 11) is 0. The summed E-state index contributed by atoms with van der Waals surface area (Å²) in [6.07, 6.45) is 1.73. The molecule has 0 amide bonds. The lowest BCUT2D eigenvalue weighted by Gasteiger charge is -2.21. The molecular formula is C23H28N4O5. The van der Waals surface area contributed by atoms with Crippen molar-refractivity contribution in [3.63, 3.8) is 0 Å². The summed E-state index contributed by atoms with van der Waals surface area (Å²) in [5, 5.41) is 37.0. The lowest BCUT2D eigenvalue weighted by molar-refractivity contribution is -0.142. The monoisotopic (exact) mass is 440 g/mol. The molecule has 3 rings (SSSR count). The van der Waals surface area contributed by atoms with E-state index < -0.39 is 23.8 Å². The average molecular weight is 441 g/mol. The van der Waals surface area contributed by atoms with Gasteiger partial charge in [0, 0.05) is 0 Å². The summed E-state index contributed by atoms with van der Waals surface area (Å²) in [6, 6.07) is 12.5. The maximum Gasteiger partial charge on any atom is 0.307 e. The maximum atomic E-state index is 12.1. The third kappa shape index (κ3) is 6.05. The number of phenolic OH excluding ortho intramolecular Hbond substituents is 2. The van der Waals surface area contributed by atoms with Gasteiger partial charge in [0.2, 0.25) is 11.8 Å². The van der Waals surface area contributed by atoms with Crippen molar-refractivity contribution in [3.8, 4) is 11.5 Å².